The van der Waals surface area contributed by atoms with Gasteiger partial charge in [-0.05, 0) is 0 Å². The summed E-state index contributed by atoms with van der Waals surface area (Å²) in [6.45, 7) is 1.37. The van der Waals surface area contributed by atoms with Crippen LogP contribution < -0.4 is 11.1 Å². The van der Waals surface area contributed by atoms with Crippen LogP contribution in [0, 0.1) is 0 Å². The molecule has 16 heavy (non-hydrogen) atoms. The molecule has 5 atom stereocenters. The van der Waals surface area contributed by atoms with Gasteiger partial charge < -0.3 is 30.7 Å². The van der Waals surface area contributed by atoms with Gasteiger partial charge in [-0.15, -0.1) is 0 Å². The Kier molecular flexibility index (Phi) is 4.63. The normalized spacial score (nSPS) is 39.4. The van der Waals surface area contributed by atoms with E-state index in [4.69, 9.17) is 15.2 Å². The van der Waals surface area contributed by atoms with Crippen LogP contribution in [0.1, 0.15) is 6.92 Å². The number of ether oxygens (including phenoxy) is 2. The highest BCUT2D eigenvalue weighted by Crippen LogP contribution is 2.21. The van der Waals surface area contributed by atoms with Gasteiger partial charge in [-0.25, -0.2) is 0 Å². The van der Waals surface area contributed by atoms with Crippen molar-refractivity contribution in [2.45, 2.75) is 37.6 Å². The Hall–Kier alpha value is -0.730. The summed E-state index contributed by atoms with van der Waals surface area (Å²) in [6.07, 6.45) is -3.78. The molecule has 94 valence electrons. The van der Waals surface area contributed by atoms with Gasteiger partial charge in [0.1, 0.15) is 18.3 Å². The third kappa shape index (κ3) is 2.69. The van der Waals surface area contributed by atoms with Crippen molar-refractivity contribution in [2.75, 3.05) is 13.7 Å². The van der Waals surface area contributed by atoms with E-state index in [1.165, 1.54) is 14.0 Å². The smallest absolute Gasteiger partial charge is 0.217 e. The topological polar surface area (TPSA) is 114 Å². The van der Waals surface area contributed by atoms with Gasteiger partial charge in [0, 0.05) is 20.6 Å². The lowest BCUT2D eigenvalue weighted by atomic mass is 9.96. The molecule has 7 nitrogen and oxygen atoms in total. The molecule has 0 radical (unpaired) electrons. The molecule has 0 bridgehead atoms. The number of hydrogen-bond donors (Lipinski definition) is 4. The van der Waals surface area contributed by atoms with Gasteiger partial charge >= 0.3 is 0 Å². The molecule has 1 saturated heterocycles. The lowest BCUT2D eigenvalue weighted by Crippen LogP contribution is -2.65. The number of aliphatic hydroxyl groups is 2. The van der Waals surface area contributed by atoms with Crippen LogP contribution in [0.25, 0.3) is 0 Å². The third-order valence-electron chi connectivity index (χ3n) is 2.54. The van der Waals surface area contributed by atoms with Crippen molar-refractivity contribution in [3.63, 3.8) is 0 Å². The first-order valence-corrected chi connectivity index (χ1v) is 5.02. The maximum atomic E-state index is 10.9. The zero-order chi connectivity index (χ0) is 12.3. The molecule has 0 aliphatic carbocycles. The van der Waals surface area contributed by atoms with Crippen LogP contribution in [0.15, 0.2) is 0 Å². The molecule has 1 fully saturated rings. The second-order valence-corrected chi connectivity index (χ2v) is 3.72. The van der Waals surface area contributed by atoms with Crippen LogP contribution in [0.5, 0.6) is 0 Å². The molecule has 1 aliphatic rings. The minimum Gasteiger partial charge on any atom is -0.388 e. The molecule has 0 saturated carbocycles. The number of amides is 1. The highest BCUT2D eigenvalue weighted by atomic mass is 16.7. The Morgan fingerprint density at radius 1 is 1.50 bits per heavy atom. The van der Waals surface area contributed by atoms with Crippen molar-refractivity contribution < 1.29 is 24.5 Å². The summed E-state index contributed by atoms with van der Waals surface area (Å²) in [6, 6.07) is -0.843. The predicted molar refractivity (Wildman–Crippen MR) is 54.3 cm³/mol. The SMILES string of the molecule is CO[C@H]1O[C@H](CN)[C@@H](O)[C@H](NC(C)=O)[C@H]1O. The summed E-state index contributed by atoms with van der Waals surface area (Å²) < 4.78 is 10.1. The molecule has 7 heteroatoms. The summed E-state index contributed by atoms with van der Waals surface area (Å²) >= 11 is 0. The molecule has 5 N–H and O–H groups in total. The van der Waals surface area contributed by atoms with E-state index in [2.05, 4.69) is 5.32 Å². The fraction of sp³-hybridized carbons (Fsp3) is 0.889. The molecule has 1 aliphatic heterocycles. The Morgan fingerprint density at radius 3 is 2.56 bits per heavy atom. The highest BCUT2D eigenvalue weighted by Gasteiger charge is 2.44. The lowest BCUT2D eigenvalue weighted by molar-refractivity contribution is -0.263. The van der Waals surface area contributed by atoms with E-state index in [-0.39, 0.29) is 12.5 Å². The first kappa shape index (κ1) is 13.3. The Bertz CT molecular complexity index is 234. The third-order valence-corrected chi connectivity index (χ3v) is 2.54. The fourth-order valence-electron chi connectivity index (χ4n) is 1.73. The van der Waals surface area contributed by atoms with Crippen LogP contribution in [-0.2, 0) is 14.3 Å². The van der Waals surface area contributed by atoms with Gasteiger partial charge in [0.2, 0.25) is 5.91 Å². The molecular formula is C9H18N2O5. The van der Waals surface area contributed by atoms with Crippen LogP contribution in [0.4, 0.5) is 0 Å². The van der Waals surface area contributed by atoms with Gasteiger partial charge in [0.05, 0.1) is 6.04 Å². The van der Waals surface area contributed by atoms with E-state index in [1.807, 2.05) is 0 Å². The van der Waals surface area contributed by atoms with E-state index in [0.29, 0.717) is 0 Å². The standard InChI is InChI=1S/C9H18N2O5/c1-4(12)11-6-7(13)5(3-10)16-9(15-2)8(6)14/h5-9,13-14H,3,10H2,1-2H3,(H,11,12)/t5-,6+,7-,8-,9+/m1/s1. The predicted octanol–water partition coefficient (Wildman–Crippen LogP) is -2.46. The molecule has 0 aromatic rings. The maximum absolute atomic E-state index is 10.9. The summed E-state index contributed by atoms with van der Waals surface area (Å²) in [4.78, 5) is 10.9. The van der Waals surface area contributed by atoms with Crippen LogP contribution in [-0.4, -0.2) is 60.4 Å². The average molecular weight is 234 g/mol. The van der Waals surface area contributed by atoms with Gasteiger partial charge in [0.15, 0.2) is 6.29 Å². The number of hydrogen-bond acceptors (Lipinski definition) is 6. The van der Waals surface area contributed by atoms with E-state index in [9.17, 15) is 15.0 Å². The van der Waals surface area contributed by atoms with Crippen molar-refractivity contribution in [3.8, 4) is 0 Å². The molecule has 0 spiro atoms. The van der Waals surface area contributed by atoms with Gasteiger partial charge in [0.25, 0.3) is 0 Å². The molecule has 0 aromatic heterocycles. The van der Waals surface area contributed by atoms with Crippen molar-refractivity contribution in [2.24, 2.45) is 5.73 Å². The van der Waals surface area contributed by atoms with Crippen molar-refractivity contribution in [3.05, 3.63) is 0 Å². The Labute approximate surface area is 93.5 Å². The minimum atomic E-state index is -1.13. The Morgan fingerprint density at radius 2 is 2.12 bits per heavy atom. The minimum absolute atomic E-state index is 0.0732. The Balaban J connectivity index is 2.79. The van der Waals surface area contributed by atoms with Crippen LogP contribution in [0.3, 0.4) is 0 Å². The molecule has 0 unspecified atom stereocenters. The van der Waals surface area contributed by atoms with Crippen LogP contribution in [0.2, 0.25) is 0 Å². The van der Waals surface area contributed by atoms with Crippen molar-refractivity contribution >= 4 is 5.91 Å². The van der Waals surface area contributed by atoms with Gasteiger partial charge in [-0.2, -0.15) is 0 Å². The van der Waals surface area contributed by atoms with Crippen molar-refractivity contribution in [1.29, 1.82) is 0 Å². The number of nitrogens with one attached hydrogen (secondary N) is 1. The van der Waals surface area contributed by atoms with Crippen molar-refractivity contribution in [1.82, 2.24) is 5.32 Å². The fourth-order valence-corrected chi connectivity index (χ4v) is 1.73. The summed E-state index contributed by atoms with van der Waals surface area (Å²) in [5.74, 6) is -0.351. The lowest BCUT2D eigenvalue weighted by Gasteiger charge is -2.41. The van der Waals surface area contributed by atoms with E-state index >= 15 is 0 Å². The van der Waals surface area contributed by atoms with Crippen LogP contribution >= 0.6 is 0 Å². The quantitative estimate of drug-likeness (QED) is 0.431. The number of aliphatic hydroxyl groups excluding tert-OH is 2. The summed E-state index contributed by atoms with van der Waals surface area (Å²) in [5.41, 5.74) is 5.41. The number of rotatable bonds is 3. The summed E-state index contributed by atoms with van der Waals surface area (Å²) in [7, 11) is 1.37. The number of carbonyl (C=O) groups is 1. The van der Waals surface area contributed by atoms with Gasteiger partial charge in [-0.1, -0.05) is 0 Å². The molecule has 1 amide bonds. The zero-order valence-electron chi connectivity index (χ0n) is 9.29. The number of methoxy groups -OCH3 is 1. The molecule has 1 rings (SSSR count). The highest BCUT2D eigenvalue weighted by molar-refractivity contribution is 5.73. The van der Waals surface area contributed by atoms with E-state index < -0.39 is 30.6 Å². The zero-order valence-corrected chi connectivity index (χ0v) is 9.29. The monoisotopic (exact) mass is 234 g/mol. The second-order valence-electron chi connectivity index (χ2n) is 3.72. The average Bonchev–Trinajstić information content (AvgIpc) is 2.24. The molecule has 1 heterocycles. The van der Waals surface area contributed by atoms with Gasteiger partial charge in [-0.3, -0.25) is 4.79 Å². The molecular weight excluding hydrogens is 216 g/mol. The summed E-state index contributed by atoms with van der Waals surface area (Å²) in [5, 5.41) is 22.1. The maximum Gasteiger partial charge on any atom is 0.217 e. The molecule has 0 aromatic carbocycles. The number of carbonyl (C=O) groups excluding carboxylic acids is 1. The largest absolute Gasteiger partial charge is 0.388 e. The second kappa shape index (κ2) is 5.55. The first-order valence-electron chi connectivity index (χ1n) is 5.02. The first-order chi connectivity index (χ1) is 7.51. The van der Waals surface area contributed by atoms with E-state index in [0.717, 1.165) is 0 Å². The number of nitrogens with two attached hydrogens (primary N) is 1. The van der Waals surface area contributed by atoms with E-state index in [1.54, 1.807) is 0 Å².